The molecule has 0 aliphatic carbocycles. The fourth-order valence-electron chi connectivity index (χ4n) is 5.45. The topological polar surface area (TPSA) is 130 Å². The number of carbonyl (C=O) groups excluding carboxylic acids is 1. The summed E-state index contributed by atoms with van der Waals surface area (Å²) >= 11 is 0. The van der Waals surface area contributed by atoms with Crippen LogP contribution in [0.2, 0.25) is 0 Å². The fraction of sp³-hybridized carbons (Fsp3) is 0.414. The molecule has 0 bridgehead atoms. The first kappa shape index (κ1) is 27.4. The summed E-state index contributed by atoms with van der Waals surface area (Å²) in [4.78, 5) is 40.6. The molecule has 40 heavy (non-hydrogen) atoms. The van der Waals surface area contributed by atoms with E-state index in [9.17, 15) is 18.8 Å². The highest BCUT2D eigenvalue weighted by Crippen LogP contribution is 2.32. The van der Waals surface area contributed by atoms with Crippen LogP contribution >= 0.6 is 0 Å². The lowest BCUT2D eigenvalue weighted by Gasteiger charge is -2.31. The Bertz CT molecular complexity index is 1620. The molecule has 11 heteroatoms. The van der Waals surface area contributed by atoms with Crippen LogP contribution in [0.1, 0.15) is 54.1 Å². The number of carboxylic acids is 1. The van der Waals surface area contributed by atoms with Gasteiger partial charge in [0.05, 0.1) is 5.69 Å². The minimum Gasteiger partial charge on any atom is -0.480 e. The number of hydrogen-bond acceptors (Lipinski definition) is 7. The van der Waals surface area contributed by atoms with E-state index in [1.807, 2.05) is 26.0 Å². The van der Waals surface area contributed by atoms with Crippen LogP contribution in [-0.4, -0.2) is 62.1 Å². The van der Waals surface area contributed by atoms with E-state index in [2.05, 4.69) is 20.4 Å². The van der Waals surface area contributed by atoms with Crippen molar-refractivity contribution in [2.45, 2.75) is 57.9 Å². The molecule has 3 aromatic heterocycles. The molecule has 2 aliphatic heterocycles. The summed E-state index contributed by atoms with van der Waals surface area (Å²) < 4.78 is 20.4. The molecule has 0 unspecified atom stereocenters. The molecular weight excluding hydrogens is 517 g/mol. The summed E-state index contributed by atoms with van der Waals surface area (Å²) in [6, 6.07) is 7.82. The molecule has 1 amide bonds. The van der Waals surface area contributed by atoms with Gasteiger partial charge in [0.2, 0.25) is 5.91 Å². The maximum atomic E-state index is 13.4. The van der Waals surface area contributed by atoms with E-state index >= 15 is 0 Å². The van der Waals surface area contributed by atoms with Crippen molar-refractivity contribution in [1.82, 2.24) is 24.8 Å². The molecule has 0 saturated carbocycles. The van der Waals surface area contributed by atoms with E-state index < -0.39 is 12.0 Å². The Morgan fingerprint density at radius 3 is 2.62 bits per heavy atom. The highest BCUT2D eigenvalue weighted by atomic mass is 19.1. The van der Waals surface area contributed by atoms with E-state index in [1.165, 1.54) is 12.1 Å². The Hall–Kier alpha value is -4.12. The van der Waals surface area contributed by atoms with E-state index in [0.717, 1.165) is 66.0 Å². The molecular formula is C29H32FN5O5. The number of halogens is 1. The zero-order valence-corrected chi connectivity index (χ0v) is 22.5. The minimum absolute atomic E-state index is 0.0300. The number of carbonyl (C=O) groups is 2. The Morgan fingerprint density at radius 2 is 1.95 bits per heavy atom. The standard InChI is InChI=1S/C24H25FN4O2.C5H7NO3/c1-15-4-3-10-29-23(15)26-16(2)19(24(29)30)9-13-28-11-7-17(8-12-28)22-20-6-5-18(25)14-21(20)31-27-22;7-4-2-1-3(6-4)5(8)9/h3-6,10,14,17H,7-9,11-13H2,1-2H3;3H,1-2H2,(H,6,7)(H,8,9)/t;3-/m.0/s1. The molecule has 2 aliphatic rings. The average molecular weight is 550 g/mol. The summed E-state index contributed by atoms with van der Waals surface area (Å²) in [7, 11) is 0. The number of nitrogens with zero attached hydrogens (tertiary/aromatic N) is 4. The summed E-state index contributed by atoms with van der Waals surface area (Å²) in [5.41, 5.74) is 4.80. The number of aromatic nitrogens is 3. The summed E-state index contributed by atoms with van der Waals surface area (Å²) in [5, 5.41) is 15.8. The molecule has 1 aromatic carbocycles. The highest BCUT2D eigenvalue weighted by molar-refractivity contribution is 5.87. The van der Waals surface area contributed by atoms with Crippen LogP contribution in [0.15, 0.2) is 45.8 Å². The number of carboxylic acid groups (broad SMARTS) is 1. The number of aryl methyl sites for hydroxylation is 2. The number of piperidine rings is 1. The van der Waals surface area contributed by atoms with Crippen molar-refractivity contribution in [2.75, 3.05) is 19.6 Å². The molecule has 4 aromatic rings. The minimum atomic E-state index is -0.944. The summed E-state index contributed by atoms with van der Waals surface area (Å²) in [6.07, 6.45) is 5.18. The van der Waals surface area contributed by atoms with Crippen molar-refractivity contribution in [3.05, 3.63) is 75.2 Å². The van der Waals surface area contributed by atoms with Gasteiger partial charge in [-0.3, -0.25) is 14.0 Å². The summed E-state index contributed by atoms with van der Waals surface area (Å²) in [6.45, 7) is 6.59. The van der Waals surface area contributed by atoms with E-state index in [0.29, 0.717) is 30.8 Å². The van der Waals surface area contributed by atoms with Gasteiger partial charge in [-0.15, -0.1) is 0 Å². The Labute approximate surface area is 229 Å². The third-order valence-electron chi connectivity index (χ3n) is 7.76. The van der Waals surface area contributed by atoms with Gasteiger partial charge in [0.1, 0.15) is 17.5 Å². The number of hydrogen-bond donors (Lipinski definition) is 2. The number of pyridine rings is 1. The van der Waals surface area contributed by atoms with Gasteiger partial charge in [0, 0.05) is 47.8 Å². The SMILES string of the molecule is Cc1nc2c(C)cccn2c(=O)c1CCN1CCC(c2noc3cc(F)ccc23)CC1.O=C1CC[C@@H](C(=O)O)N1. The van der Waals surface area contributed by atoms with Crippen molar-refractivity contribution >= 4 is 28.5 Å². The Balaban J connectivity index is 0.000000306. The van der Waals surface area contributed by atoms with E-state index in [-0.39, 0.29) is 17.3 Å². The quantitative estimate of drug-likeness (QED) is 0.388. The predicted molar refractivity (Wildman–Crippen MR) is 146 cm³/mol. The molecule has 210 valence electrons. The number of nitrogens with one attached hydrogen (secondary N) is 1. The lowest BCUT2D eigenvalue weighted by molar-refractivity contribution is -0.140. The molecule has 2 N–H and O–H groups in total. The largest absolute Gasteiger partial charge is 0.480 e. The molecule has 2 fully saturated rings. The van der Waals surface area contributed by atoms with Crippen molar-refractivity contribution in [3.63, 3.8) is 0 Å². The molecule has 2 saturated heterocycles. The van der Waals surface area contributed by atoms with Crippen LogP contribution in [0.5, 0.6) is 0 Å². The molecule has 5 heterocycles. The first-order chi connectivity index (χ1) is 19.2. The van der Waals surface area contributed by atoms with Crippen molar-refractivity contribution in [3.8, 4) is 0 Å². The lowest BCUT2D eigenvalue weighted by Crippen LogP contribution is -2.35. The van der Waals surface area contributed by atoms with Gasteiger partial charge < -0.3 is 19.8 Å². The maximum Gasteiger partial charge on any atom is 0.326 e. The molecule has 0 spiro atoms. The smallest absolute Gasteiger partial charge is 0.326 e. The maximum absolute atomic E-state index is 13.4. The Morgan fingerprint density at radius 1 is 1.18 bits per heavy atom. The average Bonchev–Trinajstić information content (AvgIpc) is 3.56. The van der Waals surface area contributed by atoms with Gasteiger partial charge in [0.15, 0.2) is 5.58 Å². The van der Waals surface area contributed by atoms with Crippen LogP contribution in [0.25, 0.3) is 16.6 Å². The number of likely N-dealkylation sites (tertiary alicyclic amines) is 1. The number of aliphatic carboxylic acids is 1. The van der Waals surface area contributed by atoms with Crippen LogP contribution < -0.4 is 10.9 Å². The molecule has 1 atom stereocenters. The van der Waals surface area contributed by atoms with E-state index in [4.69, 9.17) is 9.63 Å². The van der Waals surface area contributed by atoms with Gasteiger partial charge in [0.25, 0.3) is 5.56 Å². The van der Waals surface area contributed by atoms with Crippen LogP contribution in [0.3, 0.4) is 0 Å². The monoisotopic (exact) mass is 549 g/mol. The van der Waals surface area contributed by atoms with Crippen molar-refractivity contribution < 1.29 is 23.6 Å². The van der Waals surface area contributed by atoms with Crippen LogP contribution in [0.4, 0.5) is 4.39 Å². The van der Waals surface area contributed by atoms with Gasteiger partial charge in [-0.2, -0.15) is 0 Å². The van der Waals surface area contributed by atoms with Crippen molar-refractivity contribution in [1.29, 1.82) is 0 Å². The Kier molecular flexibility index (Phi) is 7.92. The lowest BCUT2D eigenvalue weighted by atomic mass is 9.91. The number of fused-ring (bicyclic) bond motifs is 2. The normalized spacial score (nSPS) is 18.1. The second kappa shape index (κ2) is 11.5. The zero-order chi connectivity index (χ0) is 28.4. The first-order valence-corrected chi connectivity index (χ1v) is 13.5. The van der Waals surface area contributed by atoms with Crippen LogP contribution in [-0.2, 0) is 16.0 Å². The third kappa shape index (κ3) is 5.74. The number of rotatable bonds is 5. The highest BCUT2D eigenvalue weighted by Gasteiger charge is 2.27. The predicted octanol–water partition coefficient (Wildman–Crippen LogP) is 3.36. The number of amides is 1. The van der Waals surface area contributed by atoms with Crippen LogP contribution in [0, 0.1) is 19.7 Å². The van der Waals surface area contributed by atoms with Crippen molar-refractivity contribution in [2.24, 2.45) is 0 Å². The molecule has 0 radical (unpaired) electrons. The fourth-order valence-corrected chi connectivity index (χ4v) is 5.45. The summed E-state index contributed by atoms with van der Waals surface area (Å²) in [5.74, 6) is -1.11. The van der Waals surface area contributed by atoms with Gasteiger partial charge in [-0.25, -0.2) is 14.2 Å². The van der Waals surface area contributed by atoms with Gasteiger partial charge in [-0.1, -0.05) is 11.2 Å². The third-order valence-corrected chi connectivity index (χ3v) is 7.76. The molecule has 6 rings (SSSR count). The first-order valence-electron chi connectivity index (χ1n) is 13.5. The zero-order valence-electron chi connectivity index (χ0n) is 22.5. The van der Waals surface area contributed by atoms with E-state index in [1.54, 1.807) is 16.7 Å². The second-order valence-electron chi connectivity index (χ2n) is 10.4. The van der Waals surface area contributed by atoms with Gasteiger partial charge in [-0.05, 0) is 76.4 Å². The molecule has 10 nitrogen and oxygen atoms in total. The second-order valence-corrected chi connectivity index (χ2v) is 10.4. The van der Waals surface area contributed by atoms with Gasteiger partial charge >= 0.3 is 5.97 Å². The number of benzene rings is 1.